The predicted molar refractivity (Wildman–Crippen MR) is 151 cm³/mol. The molecule has 0 unspecified atom stereocenters. The fourth-order valence-corrected chi connectivity index (χ4v) is 5.55. The lowest BCUT2D eigenvalue weighted by Gasteiger charge is -2.32. The molecule has 3 aromatic carbocycles. The number of sulfonamides is 1. The summed E-state index contributed by atoms with van der Waals surface area (Å²) in [6.45, 7) is 3.59. The monoisotopic (exact) mass is 553 g/mol. The van der Waals surface area contributed by atoms with E-state index in [-0.39, 0.29) is 23.1 Å². The highest BCUT2D eigenvalue weighted by molar-refractivity contribution is 7.92. The van der Waals surface area contributed by atoms with Gasteiger partial charge in [0.1, 0.15) is 12.6 Å². The van der Waals surface area contributed by atoms with Crippen LogP contribution in [-0.4, -0.2) is 65.0 Å². The number of amides is 2. The third-order valence-corrected chi connectivity index (χ3v) is 8.04. The number of hydrogen-bond acceptors (Lipinski definition) is 6. The molecule has 1 atom stereocenters. The van der Waals surface area contributed by atoms with E-state index >= 15 is 0 Å². The van der Waals surface area contributed by atoms with E-state index in [0.717, 1.165) is 9.87 Å². The van der Waals surface area contributed by atoms with Gasteiger partial charge in [-0.05, 0) is 50.1 Å². The van der Waals surface area contributed by atoms with Crippen LogP contribution in [0.3, 0.4) is 0 Å². The number of hydrogen-bond donors (Lipinski definition) is 1. The summed E-state index contributed by atoms with van der Waals surface area (Å²) in [6, 6.07) is 21.4. The standard InChI is InChI=1S/C29H35N3O6S/c1-5-30-29(34)22(2)31(19-18-23-12-8-6-9-13-23)28(33)21-32(24-14-10-7-11-15-24)39(35,36)25-16-17-26(37-3)27(20-25)38-4/h6-17,20,22H,5,18-19,21H2,1-4H3,(H,30,34)/t22-/m0/s1. The van der Waals surface area contributed by atoms with E-state index < -0.39 is 28.5 Å². The van der Waals surface area contributed by atoms with Gasteiger partial charge in [0, 0.05) is 19.2 Å². The molecule has 0 saturated carbocycles. The molecule has 39 heavy (non-hydrogen) atoms. The van der Waals surface area contributed by atoms with E-state index in [1.54, 1.807) is 44.2 Å². The molecule has 0 heterocycles. The second kappa shape index (κ2) is 13.7. The molecule has 3 aromatic rings. The molecule has 0 aliphatic rings. The summed E-state index contributed by atoms with van der Waals surface area (Å²) in [5.41, 5.74) is 1.31. The summed E-state index contributed by atoms with van der Waals surface area (Å²) in [5, 5.41) is 2.75. The summed E-state index contributed by atoms with van der Waals surface area (Å²) < 4.78 is 39.4. The van der Waals surface area contributed by atoms with E-state index in [2.05, 4.69) is 5.32 Å². The molecule has 0 radical (unpaired) electrons. The number of anilines is 1. The van der Waals surface area contributed by atoms with Crippen LogP contribution in [0.15, 0.2) is 83.8 Å². The Morgan fingerprint density at radius 1 is 0.897 bits per heavy atom. The molecule has 0 aliphatic carbocycles. The van der Waals surface area contributed by atoms with Gasteiger partial charge in [0.05, 0.1) is 24.8 Å². The van der Waals surface area contributed by atoms with Crippen molar-refractivity contribution in [2.24, 2.45) is 0 Å². The SMILES string of the molecule is CCNC(=O)[C@H](C)N(CCc1ccccc1)C(=O)CN(c1ccccc1)S(=O)(=O)c1ccc(OC)c(OC)c1. The molecule has 0 bridgehead atoms. The van der Waals surface area contributed by atoms with Crippen LogP contribution in [0.1, 0.15) is 19.4 Å². The molecule has 3 rings (SSSR count). The van der Waals surface area contributed by atoms with Crippen molar-refractivity contribution in [1.82, 2.24) is 10.2 Å². The fraction of sp³-hybridized carbons (Fsp3) is 0.310. The first-order valence-corrected chi connectivity index (χ1v) is 14.1. The van der Waals surface area contributed by atoms with E-state index in [4.69, 9.17) is 9.47 Å². The van der Waals surface area contributed by atoms with Gasteiger partial charge in [-0.15, -0.1) is 0 Å². The summed E-state index contributed by atoms with van der Waals surface area (Å²) in [4.78, 5) is 27.9. The summed E-state index contributed by atoms with van der Waals surface area (Å²) in [5.74, 6) is -0.195. The zero-order valence-electron chi connectivity index (χ0n) is 22.7. The van der Waals surface area contributed by atoms with Crippen molar-refractivity contribution in [3.05, 3.63) is 84.4 Å². The van der Waals surface area contributed by atoms with E-state index in [9.17, 15) is 18.0 Å². The number of methoxy groups -OCH3 is 2. The largest absolute Gasteiger partial charge is 0.493 e. The van der Waals surface area contributed by atoms with E-state index in [1.807, 2.05) is 30.3 Å². The van der Waals surface area contributed by atoms with Crippen LogP contribution in [0.5, 0.6) is 11.5 Å². The van der Waals surface area contributed by atoms with Crippen LogP contribution >= 0.6 is 0 Å². The van der Waals surface area contributed by atoms with Crippen molar-refractivity contribution in [2.45, 2.75) is 31.2 Å². The van der Waals surface area contributed by atoms with Crippen LogP contribution in [0, 0.1) is 0 Å². The Morgan fingerprint density at radius 2 is 1.51 bits per heavy atom. The lowest BCUT2D eigenvalue weighted by Crippen LogP contribution is -2.52. The van der Waals surface area contributed by atoms with Crippen LogP contribution < -0.4 is 19.1 Å². The fourth-order valence-electron chi connectivity index (χ4n) is 4.12. The zero-order chi connectivity index (χ0) is 28.4. The van der Waals surface area contributed by atoms with Gasteiger partial charge in [-0.1, -0.05) is 48.5 Å². The molecule has 0 spiro atoms. The minimum absolute atomic E-state index is 0.0654. The van der Waals surface area contributed by atoms with Crippen molar-refractivity contribution < 1.29 is 27.5 Å². The quantitative estimate of drug-likeness (QED) is 0.347. The van der Waals surface area contributed by atoms with Gasteiger partial charge in [0.15, 0.2) is 11.5 Å². The number of likely N-dealkylation sites (N-methyl/N-ethyl adjacent to an activating group) is 1. The van der Waals surface area contributed by atoms with Gasteiger partial charge < -0.3 is 19.7 Å². The Kier molecular flexibility index (Phi) is 10.3. The number of nitrogens with one attached hydrogen (secondary N) is 1. The number of ether oxygens (including phenoxy) is 2. The number of carbonyl (C=O) groups is 2. The lowest BCUT2D eigenvalue weighted by molar-refractivity contribution is -0.138. The molecule has 208 valence electrons. The maximum absolute atomic E-state index is 13.9. The Balaban J connectivity index is 1.99. The maximum atomic E-state index is 13.9. The molecule has 10 heteroatoms. The summed E-state index contributed by atoms with van der Waals surface area (Å²) in [6.07, 6.45) is 0.504. The Morgan fingerprint density at radius 3 is 2.10 bits per heavy atom. The molecule has 0 aliphatic heterocycles. The zero-order valence-corrected chi connectivity index (χ0v) is 23.5. The molecule has 0 fully saturated rings. The van der Waals surface area contributed by atoms with E-state index in [0.29, 0.717) is 24.4 Å². The normalized spacial score (nSPS) is 11.8. The molecule has 0 aromatic heterocycles. The topological polar surface area (TPSA) is 105 Å². The molecule has 2 amide bonds. The van der Waals surface area contributed by atoms with Crippen LogP contribution in [0.25, 0.3) is 0 Å². The maximum Gasteiger partial charge on any atom is 0.264 e. The minimum Gasteiger partial charge on any atom is -0.493 e. The average molecular weight is 554 g/mol. The third kappa shape index (κ3) is 7.29. The average Bonchev–Trinajstić information content (AvgIpc) is 2.96. The first-order chi connectivity index (χ1) is 18.7. The van der Waals surface area contributed by atoms with Crippen LogP contribution in [0.4, 0.5) is 5.69 Å². The highest BCUT2D eigenvalue weighted by atomic mass is 32.2. The highest BCUT2D eigenvalue weighted by Crippen LogP contribution is 2.32. The number of nitrogens with zero attached hydrogens (tertiary/aromatic N) is 2. The number of para-hydroxylation sites is 1. The number of rotatable bonds is 13. The molecular formula is C29H35N3O6S. The first-order valence-electron chi connectivity index (χ1n) is 12.6. The van der Waals surface area contributed by atoms with Crippen LogP contribution in [-0.2, 0) is 26.0 Å². The van der Waals surface area contributed by atoms with Gasteiger partial charge in [0.2, 0.25) is 11.8 Å². The Labute approximate surface area is 230 Å². The van der Waals surface area contributed by atoms with Crippen molar-refractivity contribution in [3.63, 3.8) is 0 Å². The van der Waals surface area contributed by atoms with E-state index in [1.165, 1.54) is 37.3 Å². The molecule has 1 N–H and O–H groups in total. The summed E-state index contributed by atoms with van der Waals surface area (Å²) in [7, 11) is -1.34. The second-order valence-electron chi connectivity index (χ2n) is 8.76. The second-order valence-corrected chi connectivity index (χ2v) is 10.6. The molecular weight excluding hydrogens is 518 g/mol. The predicted octanol–water partition coefficient (Wildman–Crippen LogP) is 3.50. The van der Waals surface area contributed by atoms with Crippen molar-refractivity contribution in [1.29, 1.82) is 0 Å². The van der Waals surface area contributed by atoms with Crippen LogP contribution in [0.2, 0.25) is 0 Å². The first kappa shape index (κ1) is 29.5. The Hall–Kier alpha value is -4.05. The van der Waals surface area contributed by atoms with Gasteiger partial charge >= 0.3 is 0 Å². The van der Waals surface area contributed by atoms with Crippen molar-refractivity contribution in [2.75, 3.05) is 38.2 Å². The smallest absolute Gasteiger partial charge is 0.264 e. The number of carbonyl (C=O) groups excluding carboxylic acids is 2. The molecule has 0 saturated heterocycles. The van der Waals surface area contributed by atoms with Gasteiger partial charge in [0.25, 0.3) is 10.0 Å². The minimum atomic E-state index is -4.21. The van der Waals surface area contributed by atoms with Crippen molar-refractivity contribution >= 4 is 27.5 Å². The summed E-state index contributed by atoms with van der Waals surface area (Å²) >= 11 is 0. The highest BCUT2D eigenvalue weighted by Gasteiger charge is 2.32. The third-order valence-electron chi connectivity index (χ3n) is 6.27. The lowest BCUT2D eigenvalue weighted by atomic mass is 10.1. The Bertz CT molecular complexity index is 1350. The van der Waals surface area contributed by atoms with Gasteiger partial charge in [-0.3, -0.25) is 13.9 Å². The van der Waals surface area contributed by atoms with Gasteiger partial charge in [-0.25, -0.2) is 8.42 Å². The number of benzene rings is 3. The van der Waals surface area contributed by atoms with Gasteiger partial charge in [-0.2, -0.15) is 0 Å². The molecule has 9 nitrogen and oxygen atoms in total. The van der Waals surface area contributed by atoms with Crippen molar-refractivity contribution in [3.8, 4) is 11.5 Å².